The third-order valence-corrected chi connectivity index (χ3v) is 3.80. The predicted molar refractivity (Wildman–Crippen MR) is 95.2 cm³/mol. The van der Waals surface area contributed by atoms with Crippen LogP contribution in [0.25, 0.3) is 0 Å². The van der Waals surface area contributed by atoms with E-state index in [-0.39, 0.29) is 24.6 Å². The fourth-order valence-corrected chi connectivity index (χ4v) is 2.54. The fourth-order valence-electron chi connectivity index (χ4n) is 2.54. The zero-order valence-electron chi connectivity index (χ0n) is 14.4. The number of hydrogen-bond donors (Lipinski definition) is 3. The molecule has 0 saturated heterocycles. The highest BCUT2D eigenvalue weighted by atomic mass is 16.5. The molecule has 2 aromatic rings. The Balaban J connectivity index is 1.79. The molecule has 2 heterocycles. The SMILES string of the molecule is COc1ccc(NC2=CC(=O)N(CCO)C2=O)cc1NC(=O)c1ccco1. The molecule has 9 heteroatoms. The number of furan rings is 1. The second-order valence-electron chi connectivity index (χ2n) is 5.55. The van der Waals surface area contributed by atoms with Gasteiger partial charge in [0.15, 0.2) is 5.76 Å². The Morgan fingerprint density at radius 2 is 2.11 bits per heavy atom. The van der Waals surface area contributed by atoms with Crippen LogP contribution in [0.2, 0.25) is 0 Å². The number of aliphatic hydroxyl groups excluding tert-OH is 1. The number of carbonyl (C=O) groups is 3. The van der Waals surface area contributed by atoms with Crippen molar-refractivity contribution in [2.75, 3.05) is 30.9 Å². The molecule has 0 spiro atoms. The maximum absolute atomic E-state index is 12.2. The summed E-state index contributed by atoms with van der Waals surface area (Å²) in [5.74, 6) is -0.960. The van der Waals surface area contributed by atoms with Crippen molar-refractivity contribution >= 4 is 29.1 Å². The van der Waals surface area contributed by atoms with Gasteiger partial charge >= 0.3 is 0 Å². The standard InChI is InChI=1S/C18H17N3O6/c1-26-14-5-4-11(9-12(14)20-17(24)15-3-2-8-27-15)19-13-10-16(23)21(6-7-22)18(13)25/h2-5,8-10,19,22H,6-7H2,1H3,(H,20,24). The number of amides is 3. The average molecular weight is 371 g/mol. The molecule has 1 aliphatic heterocycles. The van der Waals surface area contributed by atoms with E-state index in [0.29, 0.717) is 17.1 Å². The number of benzene rings is 1. The van der Waals surface area contributed by atoms with E-state index in [9.17, 15) is 14.4 Å². The summed E-state index contributed by atoms with van der Waals surface area (Å²) in [6, 6.07) is 7.92. The van der Waals surface area contributed by atoms with Gasteiger partial charge in [0.1, 0.15) is 11.4 Å². The molecule has 1 aliphatic rings. The number of aliphatic hydroxyl groups is 1. The number of ether oxygens (including phenoxy) is 1. The van der Waals surface area contributed by atoms with Crippen molar-refractivity contribution in [1.82, 2.24) is 4.90 Å². The van der Waals surface area contributed by atoms with Crippen LogP contribution >= 0.6 is 0 Å². The van der Waals surface area contributed by atoms with Crippen molar-refractivity contribution in [2.45, 2.75) is 0 Å². The molecule has 0 unspecified atom stereocenters. The number of β-amino-alcohol motifs (C(OH)–C–C–N with tert-alkyl or cyclic N) is 1. The molecule has 1 aromatic heterocycles. The molecule has 3 rings (SSSR count). The number of nitrogens with one attached hydrogen (secondary N) is 2. The van der Waals surface area contributed by atoms with Crippen LogP contribution in [0.1, 0.15) is 10.6 Å². The minimum absolute atomic E-state index is 0.0712. The zero-order valence-corrected chi connectivity index (χ0v) is 14.4. The van der Waals surface area contributed by atoms with Gasteiger partial charge in [0, 0.05) is 11.8 Å². The Morgan fingerprint density at radius 1 is 1.30 bits per heavy atom. The molecule has 0 aliphatic carbocycles. The smallest absolute Gasteiger partial charge is 0.291 e. The molecule has 0 fully saturated rings. The second kappa shape index (κ2) is 7.75. The fraction of sp³-hybridized carbons (Fsp3) is 0.167. The summed E-state index contributed by atoms with van der Waals surface area (Å²) >= 11 is 0. The quantitative estimate of drug-likeness (QED) is 0.625. The van der Waals surface area contributed by atoms with Crippen molar-refractivity contribution < 1.29 is 28.6 Å². The van der Waals surface area contributed by atoms with Gasteiger partial charge in [-0.2, -0.15) is 0 Å². The molecule has 1 aromatic carbocycles. The largest absolute Gasteiger partial charge is 0.495 e. The highest BCUT2D eigenvalue weighted by Gasteiger charge is 2.30. The third-order valence-electron chi connectivity index (χ3n) is 3.80. The van der Waals surface area contributed by atoms with E-state index in [2.05, 4.69) is 10.6 Å². The van der Waals surface area contributed by atoms with E-state index in [1.54, 1.807) is 24.3 Å². The minimum Gasteiger partial charge on any atom is -0.495 e. The monoisotopic (exact) mass is 371 g/mol. The van der Waals surface area contributed by atoms with Crippen molar-refractivity contribution in [1.29, 1.82) is 0 Å². The normalized spacial score (nSPS) is 13.6. The van der Waals surface area contributed by atoms with Crippen LogP contribution in [-0.4, -0.2) is 48.0 Å². The van der Waals surface area contributed by atoms with E-state index in [1.807, 2.05) is 0 Å². The van der Waals surface area contributed by atoms with Crippen molar-refractivity contribution in [3.05, 3.63) is 54.1 Å². The van der Waals surface area contributed by atoms with Crippen LogP contribution in [0.4, 0.5) is 11.4 Å². The number of anilines is 2. The lowest BCUT2D eigenvalue weighted by Crippen LogP contribution is -2.34. The summed E-state index contributed by atoms with van der Waals surface area (Å²) in [5.41, 5.74) is 0.888. The predicted octanol–water partition coefficient (Wildman–Crippen LogP) is 1.20. The summed E-state index contributed by atoms with van der Waals surface area (Å²) in [5, 5.41) is 14.5. The van der Waals surface area contributed by atoms with Crippen molar-refractivity contribution in [3.63, 3.8) is 0 Å². The first-order valence-corrected chi connectivity index (χ1v) is 8.01. The molecule has 3 amide bonds. The lowest BCUT2D eigenvalue weighted by molar-refractivity contribution is -0.137. The van der Waals surface area contributed by atoms with E-state index in [0.717, 1.165) is 11.0 Å². The van der Waals surface area contributed by atoms with Crippen LogP contribution in [0.15, 0.2) is 52.8 Å². The van der Waals surface area contributed by atoms with E-state index in [1.165, 1.54) is 19.4 Å². The van der Waals surface area contributed by atoms with Gasteiger partial charge < -0.3 is 24.9 Å². The first-order chi connectivity index (χ1) is 13.0. The Hall–Kier alpha value is -3.59. The topological polar surface area (TPSA) is 121 Å². The van der Waals surface area contributed by atoms with Gasteiger partial charge in [-0.25, -0.2) is 0 Å². The molecule has 140 valence electrons. The summed E-state index contributed by atoms with van der Waals surface area (Å²) in [7, 11) is 1.46. The van der Waals surface area contributed by atoms with Gasteiger partial charge in [-0.05, 0) is 30.3 Å². The Bertz CT molecular complexity index is 904. The number of rotatable bonds is 7. The average Bonchev–Trinajstić information content (AvgIpc) is 3.27. The molecular formula is C18H17N3O6. The molecule has 0 radical (unpaired) electrons. The van der Waals surface area contributed by atoms with Crippen molar-refractivity contribution in [2.24, 2.45) is 0 Å². The summed E-state index contributed by atoms with van der Waals surface area (Å²) in [6.07, 6.45) is 2.54. The molecule has 0 saturated carbocycles. The first kappa shape index (κ1) is 18.2. The molecule has 3 N–H and O–H groups in total. The van der Waals surface area contributed by atoms with Gasteiger partial charge in [-0.3, -0.25) is 19.3 Å². The summed E-state index contributed by atoms with van der Waals surface area (Å²) in [6.45, 7) is -0.392. The van der Waals surface area contributed by atoms with E-state index >= 15 is 0 Å². The highest BCUT2D eigenvalue weighted by molar-refractivity contribution is 6.17. The summed E-state index contributed by atoms with van der Waals surface area (Å²) < 4.78 is 10.3. The lowest BCUT2D eigenvalue weighted by atomic mass is 10.2. The van der Waals surface area contributed by atoms with Crippen LogP contribution in [0.3, 0.4) is 0 Å². The number of nitrogens with zero attached hydrogens (tertiary/aromatic N) is 1. The second-order valence-corrected chi connectivity index (χ2v) is 5.55. The lowest BCUT2D eigenvalue weighted by Gasteiger charge is -2.15. The maximum Gasteiger partial charge on any atom is 0.291 e. The highest BCUT2D eigenvalue weighted by Crippen LogP contribution is 2.29. The Kier molecular flexibility index (Phi) is 5.23. The van der Waals surface area contributed by atoms with Crippen LogP contribution in [0, 0.1) is 0 Å². The molecule has 9 nitrogen and oxygen atoms in total. The summed E-state index contributed by atoms with van der Waals surface area (Å²) in [4.78, 5) is 37.1. The van der Waals surface area contributed by atoms with Gasteiger partial charge in [0.2, 0.25) is 0 Å². The Labute approximate surface area is 154 Å². The zero-order chi connectivity index (χ0) is 19.4. The van der Waals surface area contributed by atoms with Crippen LogP contribution in [0.5, 0.6) is 5.75 Å². The number of carbonyl (C=O) groups excluding carboxylic acids is 3. The van der Waals surface area contributed by atoms with Gasteiger partial charge in [-0.1, -0.05) is 0 Å². The maximum atomic E-state index is 12.2. The van der Waals surface area contributed by atoms with Crippen LogP contribution in [-0.2, 0) is 9.59 Å². The molecule has 27 heavy (non-hydrogen) atoms. The third kappa shape index (κ3) is 3.82. The van der Waals surface area contributed by atoms with E-state index < -0.39 is 17.7 Å². The number of methoxy groups -OCH3 is 1. The minimum atomic E-state index is -0.536. The molecule has 0 bridgehead atoms. The van der Waals surface area contributed by atoms with Crippen LogP contribution < -0.4 is 15.4 Å². The Morgan fingerprint density at radius 3 is 2.78 bits per heavy atom. The molecule has 0 atom stereocenters. The van der Waals surface area contributed by atoms with Gasteiger partial charge in [0.25, 0.3) is 17.7 Å². The van der Waals surface area contributed by atoms with E-state index in [4.69, 9.17) is 14.3 Å². The van der Waals surface area contributed by atoms with Crippen molar-refractivity contribution in [3.8, 4) is 5.75 Å². The number of hydrogen-bond acceptors (Lipinski definition) is 7. The van der Waals surface area contributed by atoms with Gasteiger partial charge in [0.05, 0.1) is 32.2 Å². The first-order valence-electron chi connectivity index (χ1n) is 8.01. The van der Waals surface area contributed by atoms with Gasteiger partial charge in [-0.15, -0.1) is 0 Å². The molecular weight excluding hydrogens is 354 g/mol. The number of imide groups is 1.